The lowest BCUT2D eigenvalue weighted by Gasteiger charge is -2.16. The number of methoxy groups -OCH3 is 1. The predicted octanol–water partition coefficient (Wildman–Crippen LogP) is 4.68. The quantitative estimate of drug-likeness (QED) is 0.526. The highest BCUT2D eigenvalue weighted by Crippen LogP contribution is 2.31. The Hall–Kier alpha value is -1.71. The van der Waals surface area contributed by atoms with E-state index >= 15 is 0 Å². The van der Waals surface area contributed by atoms with Crippen LogP contribution in [0.5, 0.6) is 11.5 Å². The van der Waals surface area contributed by atoms with Gasteiger partial charge in [0.1, 0.15) is 11.5 Å². The molecular formula is C21H35NO3. The van der Waals surface area contributed by atoms with Crippen molar-refractivity contribution in [3.8, 4) is 11.5 Å². The van der Waals surface area contributed by atoms with Crippen LogP contribution in [0.25, 0.3) is 0 Å². The van der Waals surface area contributed by atoms with Crippen molar-refractivity contribution in [3.05, 3.63) is 23.3 Å². The molecule has 0 atom stereocenters. The van der Waals surface area contributed by atoms with Gasteiger partial charge in [0.25, 0.3) is 0 Å². The topological polar surface area (TPSA) is 47.6 Å². The van der Waals surface area contributed by atoms with E-state index in [9.17, 15) is 4.79 Å². The van der Waals surface area contributed by atoms with Gasteiger partial charge in [0.05, 0.1) is 13.7 Å². The number of amides is 1. The molecule has 4 heteroatoms. The van der Waals surface area contributed by atoms with Gasteiger partial charge in [0.2, 0.25) is 5.91 Å². The van der Waals surface area contributed by atoms with Crippen LogP contribution >= 0.6 is 0 Å². The number of carbonyl (C=O) groups excluding carboxylic acids is 1. The van der Waals surface area contributed by atoms with Gasteiger partial charge in [-0.05, 0) is 43.4 Å². The van der Waals surface area contributed by atoms with Crippen molar-refractivity contribution >= 4 is 5.91 Å². The summed E-state index contributed by atoms with van der Waals surface area (Å²) in [5.74, 6) is 1.82. The largest absolute Gasteiger partial charge is 0.496 e. The summed E-state index contributed by atoms with van der Waals surface area (Å²) in [6, 6.07) is 4.11. The Bertz CT molecular complexity index is 514. The molecule has 1 aromatic carbocycles. The third-order valence-corrected chi connectivity index (χ3v) is 4.26. The Morgan fingerprint density at radius 3 is 2.36 bits per heavy atom. The fourth-order valence-corrected chi connectivity index (χ4v) is 2.91. The van der Waals surface area contributed by atoms with Gasteiger partial charge in [-0.25, -0.2) is 0 Å². The number of hydrogen-bond acceptors (Lipinski definition) is 3. The molecule has 1 rings (SSSR count). The molecule has 0 aromatic heterocycles. The van der Waals surface area contributed by atoms with Crippen LogP contribution in [0.4, 0.5) is 0 Å². The van der Waals surface area contributed by atoms with Crippen molar-refractivity contribution < 1.29 is 14.3 Å². The number of ether oxygens (including phenoxy) is 2. The average molecular weight is 350 g/mol. The van der Waals surface area contributed by atoms with E-state index < -0.39 is 0 Å². The zero-order valence-electron chi connectivity index (χ0n) is 16.5. The van der Waals surface area contributed by atoms with E-state index in [-0.39, 0.29) is 5.91 Å². The standard InChI is InChI=1S/C21H35NO3/c1-5-8-9-10-14-22-21(23)13-12-18-15-17(11-6-2)19(24-4)16-20(18)25-7-3/h15-16H,5-14H2,1-4H3,(H,22,23). The van der Waals surface area contributed by atoms with Crippen LogP contribution in [-0.2, 0) is 17.6 Å². The Labute approximate surface area is 153 Å². The lowest BCUT2D eigenvalue weighted by atomic mass is 10.0. The van der Waals surface area contributed by atoms with Crippen LogP contribution in [-0.4, -0.2) is 26.2 Å². The van der Waals surface area contributed by atoms with Crippen molar-refractivity contribution in [1.29, 1.82) is 0 Å². The van der Waals surface area contributed by atoms with Crippen molar-refractivity contribution in [2.24, 2.45) is 0 Å². The third kappa shape index (κ3) is 7.80. The van der Waals surface area contributed by atoms with Crippen LogP contribution in [0.3, 0.4) is 0 Å². The summed E-state index contributed by atoms with van der Waals surface area (Å²) in [5.41, 5.74) is 2.27. The normalized spacial score (nSPS) is 10.6. The summed E-state index contributed by atoms with van der Waals surface area (Å²) < 4.78 is 11.3. The minimum absolute atomic E-state index is 0.117. The maximum absolute atomic E-state index is 12.1. The molecule has 142 valence electrons. The van der Waals surface area contributed by atoms with Crippen LogP contribution in [0.2, 0.25) is 0 Å². The fraction of sp³-hybridized carbons (Fsp3) is 0.667. The van der Waals surface area contributed by atoms with E-state index in [2.05, 4.69) is 25.2 Å². The number of aryl methyl sites for hydroxylation is 2. The SMILES string of the molecule is CCCCCCNC(=O)CCc1cc(CCC)c(OC)cc1OCC. The first-order chi connectivity index (χ1) is 12.2. The number of nitrogens with one attached hydrogen (secondary N) is 1. The molecule has 0 aliphatic heterocycles. The van der Waals surface area contributed by atoms with Gasteiger partial charge in [-0.1, -0.05) is 39.5 Å². The molecule has 0 unspecified atom stereocenters. The second kappa shape index (κ2) is 12.6. The molecule has 0 radical (unpaired) electrons. The molecule has 1 N–H and O–H groups in total. The number of carbonyl (C=O) groups is 1. The molecule has 0 fully saturated rings. The molecule has 25 heavy (non-hydrogen) atoms. The average Bonchev–Trinajstić information content (AvgIpc) is 2.61. The van der Waals surface area contributed by atoms with Crippen LogP contribution in [0.15, 0.2) is 12.1 Å². The summed E-state index contributed by atoms with van der Waals surface area (Å²) in [6.07, 6.45) is 7.90. The maximum Gasteiger partial charge on any atom is 0.220 e. The lowest BCUT2D eigenvalue weighted by Crippen LogP contribution is -2.24. The van der Waals surface area contributed by atoms with E-state index in [1.165, 1.54) is 24.8 Å². The van der Waals surface area contributed by atoms with Crippen LogP contribution < -0.4 is 14.8 Å². The molecule has 1 aromatic rings. The van der Waals surface area contributed by atoms with E-state index in [1.54, 1.807) is 7.11 Å². The second-order valence-corrected chi connectivity index (χ2v) is 6.37. The molecule has 0 heterocycles. The number of hydrogen-bond donors (Lipinski definition) is 1. The molecule has 0 aliphatic rings. The van der Waals surface area contributed by atoms with E-state index in [0.717, 1.165) is 42.9 Å². The smallest absolute Gasteiger partial charge is 0.220 e. The van der Waals surface area contributed by atoms with Crippen molar-refractivity contribution in [2.75, 3.05) is 20.3 Å². The highest BCUT2D eigenvalue weighted by atomic mass is 16.5. The van der Waals surface area contributed by atoms with Crippen LogP contribution in [0, 0.1) is 0 Å². The van der Waals surface area contributed by atoms with E-state index in [4.69, 9.17) is 9.47 Å². The van der Waals surface area contributed by atoms with Crippen LogP contribution in [0.1, 0.15) is 70.4 Å². The molecule has 1 amide bonds. The summed E-state index contributed by atoms with van der Waals surface area (Å²) >= 11 is 0. The molecule has 0 bridgehead atoms. The zero-order valence-corrected chi connectivity index (χ0v) is 16.5. The molecule has 4 nitrogen and oxygen atoms in total. The molecule has 0 aliphatic carbocycles. The van der Waals surface area contributed by atoms with Crippen molar-refractivity contribution in [3.63, 3.8) is 0 Å². The molecule has 0 saturated carbocycles. The first kappa shape index (κ1) is 21.3. The lowest BCUT2D eigenvalue weighted by molar-refractivity contribution is -0.121. The Morgan fingerprint density at radius 1 is 0.960 bits per heavy atom. The summed E-state index contributed by atoms with van der Waals surface area (Å²) in [7, 11) is 1.69. The highest BCUT2D eigenvalue weighted by molar-refractivity contribution is 5.76. The minimum atomic E-state index is 0.117. The first-order valence-electron chi connectivity index (χ1n) is 9.75. The van der Waals surface area contributed by atoms with Crippen molar-refractivity contribution in [2.45, 2.75) is 72.1 Å². The van der Waals surface area contributed by atoms with Gasteiger partial charge in [-0.15, -0.1) is 0 Å². The Balaban J connectivity index is 2.65. The monoisotopic (exact) mass is 349 g/mol. The van der Waals surface area contributed by atoms with Gasteiger partial charge >= 0.3 is 0 Å². The number of benzene rings is 1. The van der Waals surface area contributed by atoms with Crippen molar-refractivity contribution in [1.82, 2.24) is 5.32 Å². The zero-order chi connectivity index (χ0) is 18.5. The fourth-order valence-electron chi connectivity index (χ4n) is 2.91. The van der Waals surface area contributed by atoms with E-state index in [0.29, 0.717) is 19.4 Å². The second-order valence-electron chi connectivity index (χ2n) is 6.37. The predicted molar refractivity (Wildman–Crippen MR) is 104 cm³/mol. The first-order valence-corrected chi connectivity index (χ1v) is 9.75. The van der Waals surface area contributed by atoms with Gasteiger partial charge in [-0.3, -0.25) is 4.79 Å². The third-order valence-electron chi connectivity index (χ3n) is 4.26. The molecular weight excluding hydrogens is 314 g/mol. The number of unbranched alkanes of at least 4 members (excludes halogenated alkanes) is 3. The van der Waals surface area contributed by atoms with Gasteiger partial charge in [-0.2, -0.15) is 0 Å². The van der Waals surface area contributed by atoms with Gasteiger partial charge in [0.15, 0.2) is 0 Å². The summed E-state index contributed by atoms with van der Waals surface area (Å²) in [5, 5.41) is 3.02. The summed E-state index contributed by atoms with van der Waals surface area (Å²) in [6.45, 7) is 7.70. The Morgan fingerprint density at radius 2 is 1.72 bits per heavy atom. The Kier molecular flexibility index (Phi) is 10.8. The summed E-state index contributed by atoms with van der Waals surface area (Å²) in [4.78, 5) is 12.1. The maximum atomic E-state index is 12.1. The minimum Gasteiger partial charge on any atom is -0.496 e. The van der Waals surface area contributed by atoms with Gasteiger partial charge < -0.3 is 14.8 Å². The molecule has 0 spiro atoms. The van der Waals surface area contributed by atoms with E-state index in [1.807, 2.05) is 13.0 Å². The highest BCUT2D eigenvalue weighted by Gasteiger charge is 2.12. The van der Waals surface area contributed by atoms with Gasteiger partial charge in [0, 0.05) is 19.0 Å². The molecule has 0 saturated heterocycles. The number of rotatable bonds is 13.